The summed E-state index contributed by atoms with van der Waals surface area (Å²) in [5.74, 6) is -0.218. The van der Waals surface area contributed by atoms with Crippen molar-refractivity contribution in [2.24, 2.45) is 0 Å². The molecule has 10 heteroatoms. The molecule has 0 bridgehead atoms. The van der Waals surface area contributed by atoms with E-state index >= 15 is 0 Å². The molecule has 3 rings (SSSR count). The third-order valence-corrected chi connectivity index (χ3v) is 6.39. The summed E-state index contributed by atoms with van der Waals surface area (Å²) in [5, 5.41) is 11.3. The minimum absolute atomic E-state index is 0.108. The zero-order valence-corrected chi connectivity index (χ0v) is 15.7. The van der Waals surface area contributed by atoms with Gasteiger partial charge in [0.2, 0.25) is 10.0 Å². The monoisotopic (exact) mass is 409 g/mol. The van der Waals surface area contributed by atoms with Gasteiger partial charge in [-0.15, -0.1) is 0 Å². The van der Waals surface area contributed by atoms with Crippen molar-refractivity contribution in [1.82, 2.24) is 9.21 Å². The molecule has 0 unspecified atom stereocenters. The van der Waals surface area contributed by atoms with E-state index in [1.807, 2.05) is 0 Å². The number of amides is 1. The molecule has 8 nitrogen and oxygen atoms in total. The molecule has 0 radical (unpaired) electrons. The molecule has 1 heterocycles. The smallest absolute Gasteiger partial charge is 0.270 e. The van der Waals surface area contributed by atoms with Crippen molar-refractivity contribution < 1.29 is 18.1 Å². The Labute approximate surface area is 161 Å². The van der Waals surface area contributed by atoms with Crippen LogP contribution in [0.3, 0.4) is 0 Å². The molecule has 1 amide bonds. The first-order valence-corrected chi connectivity index (χ1v) is 9.90. The largest absolute Gasteiger partial charge is 0.336 e. The Morgan fingerprint density at radius 3 is 2.33 bits per heavy atom. The second kappa shape index (κ2) is 7.63. The van der Waals surface area contributed by atoms with Crippen LogP contribution in [0.2, 0.25) is 5.02 Å². The van der Waals surface area contributed by atoms with Gasteiger partial charge >= 0.3 is 0 Å². The van der Waals surface area contributed by atoms with Crippen LogP contribution in [-0.4, -0.2) is 54.6 Å². The van der Waals surface area contributed by atoms with E-state index in [9.17, 15) is 23.3 Å². The molecule has 0 aliphatic carbocycles. The first-order chi connectivity index (χ1) is 12.8. The molecule has 1 aliphatic rings. The lowest BCUT2D eigenvalue weighted by atomic mass is 10.2. The standard InChI is InChI=1S/C17H16ClN3O5S/c18-14-4-1-3-13(11-14)17(22)19-7-9-20(10-8-19)27(25,26)16-6-2-5-15(12-16)21(23)24/h1-6,11-12H,7-10H2. The number of sulfonamides is 1. The first kappa shape index (κ1) is 19.3. The van der Waals surface area contributed by atoms with Crippen molar-refractivity contribution in [2.45, 2.75) is 4.90 Å². The predicted molar refractivity (Wildman–Crippen MR) is 99.2 cm³/mol. The van der Waals surface area contributed by atoms with E-state index in [4.69, 9.17) is 11.6 Å². The summed E-state index contributed by atoms with van der Waals surface area (Å²) >= 11 is 5.91. The summed E-state index contributed by atoms with van der Waals surface area (Å²) in [7, 11) is -3.87. The van der Waals surface area contributed by atoms with Gasteiger partial charge in [0, 0.05) is 48.9 Å². The van der Waals surface area contributed by atoms with Crippen LogP contribution in [0.1, 0.15) is 10.4 Å². The number of non-ortho nitro benzene ring substituents is 1. The van der Waals surface area contributed by atoms with Crippen molar-refractivity contribution in [1.29, 1.82) is 0 Å². The Morgan fingerprint density at radius 1 is 1.04 bits per heavy atom. The molecule has 27 heavy (non-hydrogen) atoms. The highest BCUT2D eigenvalue weighted by Crippen LogP contribution is 2.22. The number of hydrogen-bond acceptors (Lipinski definition) is 5. The van der Waals surface area contributed by atoms with E-state index in [0.29, 0.717) is 10.6 Å². The Balaban J connectivity index is 1.72. The maximum absolute atomic E-state index is 12.7. The van der Waals surface area contributed by atoms with Crippen LogP contribution in [0.5, 0.6) is 0 Å². The van der Waals surface area contributed by atoms with Crippen molar-refractivity contribution in [3.05, 3.63) is 69.2 Å². The summed E-state index contributed by atoms with van der Waals surface area (Å²) in [6.07, 6.45) is 0. The Hall–Kier alpha value is -2.49. The molecule has 0 spiro atoms. The number of halogens is 1. The molecule has 1 fully saturated rings. The van der Waals surface area contributed by atoms with E-state index in [0.717, 1.165) is 6.07 Å². The van der Waals surface area contributed by atoms with E-state index in [1.54, 1.807) is 29.2 Å². The molecule has 2 aromatic rings. The van der Waals surface area contributed by atoms with Crippen LogP contribution in [0.25, 0.3) is 0 Å². The van der Waals surface area contributed by atoms with Gasteiger partial charge in [0.1, 0.15) is 0 Å². The predicted octanol–water partition coefficient (Wildman–Crippen LogP) is 2.39. The lowest BCUT2D eigenvalue weighted by molar-refractivity contribution is -0.385. The van der Waals surface area contributed by atoms with Crippen molar-refractivity contribution in [3.8, 4) is 0 Å². The number of rotatable bonds is 4. The first-order valence-electron chi connectivity index (χ1n) is 8.08. The third kappa shape index (κ3) is 4.10. The lowest BCUT2D eigenvalue weighted by Gasteiger charge is -2.34. The van der Waals surface area contributed by atoms with Crippen LogP contribution in [0.4, 0.5) is 5.69 Å². The molecule has 0 N–H and O–H groups in total. The van der Waals surface area contributed by atoms with Crippen molar-refractivity contribution in [3.63, 3.8) is 0 Å². The molecule has 0 atom stereocenters. The fourth-order valence-electron chi connectivity index (χ4n) is 2.84. The summed E-state index contributed by atoms with van der Waals surface area (Å²) in [5.41, 5.74) is 0.156. The van der Waals surface area contributed by atoms with Crippen LogP contribution < -0.4 is 0 Å². The molecular formula is C17H16ClN3O5S. The molecule has 0 aromatic heterocycles. The molecule has 1 aliphatic heterocycles. The van der Waals surface area contributed by atoms with Gasteiger partial charge in [-0.05, 0) is 24.3 Å². The Kier molecular flexibility index (Phi) is 5.45. The lowest BCUT2D eigenvalue weighted by Crippen LogP contribution is -2.50. The van der Waals surface area contributed by atoms with Crippen LogP contribution in [-0.2, 0) is 10.0 Å². The minimum Gasteiger partial charge on any atom is -0.336 e. The van der Waals surface area contributed by atoms with Crippen molar-refractivity contribution in [2.75, 3.05) is 26.2 Å². The van der Waals surface area contributed by atoms with Gasteiger partial charge in [-0.25, -0.2) is 8.42 Å². The minimum atomic E-state index is -3.87. The van der Waals surface area contributed by atoms with Gasteiger partial charge in [-0.1, -0.05) is 23.7 Å². The maximum Gasteiger partial charge on any atom is 0.270 e. The van der Waals surface area contributed by atoms with E-state index in [2.05, 4.69) is 0 Å². The number of nitro benzene ring substituents is 1. The Morgan fingerprint density at radius 2 is 1.70 bits per heavy atom. The fourth-order valence-corrected chi connectivity index (χ4v) is 4.49. The molecule has 0 saturated carbocycles. The highest BCUT2D eigenvalue weighted by molar-refractivity contribution is 7.89. The quantitative estimate of drug-likeness (QED) is 0.570. The van der Waals surface area contributed by atoms with Crippen molar-refractivity contribution >= 4 is 33.2 Å². The molecule has 1 saturated heterocycles. The normalized spacial score (nSPS) is 15.5. The molecule has 142 valence electrons. The zero-order valence-electron chi connectivity index (χ0n) is 14.1. The number of benzene rings is 2. The van der Waals surface area contributed by atoms with E-state index in [1.165, 1.54) is 22.5 Å². The number of nitrogens with zero attached hydrogens (tertiary/aromatic N) is 3. The van der Waals surface area contributed by atoms with Gasteiger partial charge in [0.25, 0.3) is 11.6 Å². The molecule has 2 aromatic carbocycles. The van der Waals surface area contributed by atoms with E-state index < -0.39 is 14.9 Å². The fraction of sp³-hybridized carbons (Fsp3) is 0.235. The number of hydrogen-bond donors (Lipinski definition) is 0. The maximum atomic E-state index is 12.7. The second-order valence-electron chi connectivity index (χ2n) is 5.96. The topological polar surface area (TPSA) is 101 Å². The van der Waals surface area contributed by atoms with Gasteiger partial charge in [0.15, 0.2) is 0 Å². The average Bonchev–Trinajstić information content (AvgIpc) is 2.67. The number of piperazine rings is 1. The van der Waals surface area contributed by atoms with Gasteiger partial charge < -0.3 is 4.90 Å². The third-order valence-electron chi connectivity index (χ3n) is 4.26. The average molecular weight is 410 g/mol. The van der Waals surface area contributed by atoms with Crippen LogP contribution >= 0.6 is 11.6 Å². The molecular weight excluding hydrogens is 394 g/mol. The number of nitro groups is 1. The second-order valence-corrected chi connectivity index (χ2v) is 8.34. The van der Waals surface area contributed by atoms with Gasteiger partial charge in [-0.2, -0.15) is 4.31 Å². The van der Waals surface area contributed by atoms with Gasteiger partial charge in [0.05, 0.1) is 9.82 Å². The number of carbonyl (C=O) groups is 1. The summed E-state index contributed by atoms with van der Waals surface area (Å²) in [6, 6.07) is 11.5. The summed E-state index contributed by atoms with van der Waals surface area (Å²) in [6.45, 7) is 0.660. The summed E-state index contributed by atoms with van der Waals surface area (Å²) in [4.78, 5) is 24.2. The number of carbonyl (C=O) groups excluding carboxylic acids is 1. The highest BCUT2D eigenvalue weighted by atomic mass is 35.5. The van der Waals surface area contributed by atoms with Crippen LogP contribution in [0.15, 0.2) is 53.4 Å². The summed E-state index contributed by atoms with van der Waals surface area (Å²) < 4.78 is 26.7. The van der Waals surface area contributed by atoms with Gasteiger partial charge in [-0.3, -0.25) is 14.9 Å². The SMILES string of the molecule is O=C(c1cccc(Cl)c1)N1CCN(S(=O)(=O)c2cccc([N+](=O)[O-])c2)CC1. The van der Waals surface area contributed by atoms with Crippen LogP contribution in [0, 0.1) is 10.1 Å². The highest BCUT2D eigenvalue weighted by Gasteiger charge is 2.31. The Bertz CT molecular complexity index is 988. The van der Waals surface area contributed by atoms with E-state index in [-0.39, 0.29) is 42.7 Å². The zero-order chi connectivity index (χ0) is 19.6.